The van der Waals surface area contributed by atoms with Crippen LogP contribution < -0.4 is 16.6 Å². The fourth-order valence-electron chi connectivity index (χ4n) is 2.27. The number of carbonyl (C=O) groups excluding carboxylic acids is 3. The first kappa shape index (κ1) is 15.1. The SMILES string of the molecule is CCC1C(=O)NC(=O)CN1Cc1ccc(C(=O)NN)cn1. The third kappa shape index (κ3) is 3.41. The monoisotopic (exact) mass is 291 g/mol. The molecule has 1 aromatic heterocycles. The molecular weight excluding hydrogens is 274 g/mol. The predicted octanol–water partition coefficient (Wildman–Crippen LogP) is -1.08. The molecule has 2 heterocycles. The van der Waals surface area contributed by atoms with Gasteiger partial charge in [-0.2, -0.15) is 0 Å². The maximum absolute atomic E-state index is 11.8. The molecule has 2 rings (SSSR count). The number of hydrogen-bond donors (Lipinski definition) is 3. The Hall–Kier alpha value is -2.32. The van der Waals surface area contributed by atoms with Crippen molar-refractivity contribution < 1.29 is 14.4 Å². The van der Waals surface area contributed by atoms with Gasteiger partial charge in [0.05, 0.1) is 23.8 Å². The quantitative estimate of drug-likeness (QED) is 0.281. The van der Waals surface area contributed by atoms with Gasteiger partial charge in [0.25, 0.3) is 5.91 Å². The van der Waals surface area contributed by atoms with Crippen molar-refractivity contribution in [2.24, 2.45) is 5.84 Å². The Morgan fingerprint density at radius 2 is 2.29 bits per heavy atom. The zero-order valence-electron chi connectivity index (χ0n) is 11.6. The first-order chi connectivity index (χ1) is 10.0. The van der Waals surface area contributed by atoms with E-state index in [9.17, 15) is 14.4 Å². The summed E-state index contributed by atoms with van der Waals surface area (Å²) in [5.74, 6) is 4.02. The molecule has 1 aromatic rings. The van der Waals surface area contributed by atoms with E-state index in [4.69, 9.17) is 5.84 Å². The standard InChI is InChI=1S/C13H17N5O3/c1-2-10-13(21)16-11(19)7-18(10)6-9-4-3-8(5-15-9)12(20)17-14/h3-5,10H,2,6-7,14H2,1H3,(H,17,20)(H,16,19,21). The van der Waals surface area contributed by atoms with Crippen LogP contribution in [0.2, 0.25) is 0 Å². The Labute approximate surface area is 121 Å². The van der Waals surface area contributed by atoms with E-state index in [2.05, 4.69) is 10.3 Å². The Balaban J connectivity index is 2.10. The number of carbonyl (C=O) groups is 3. The molecule has 0 spiro atoms. The van der Waals surface area contributed by atoms with Crippen LogP contribution in [0, 0.1) is 0 Å². The first-order valence-corrected chi connectivity index (χ1v) is 6.58. The number of aromatic nitrogens is 1. The average Bonchev–Trinajstić information content (AvgIpc) is 2.47. The van der Waals surface area contributed by atoms with Crippen molar-refractivity contribution in [2.45, 2.75) is 25.9 Å². The van der Waals surface area contributed by atoms with Crippen LogP contribution in [0.1, 0.15) is 29.4 Å². The van der Waals surface area contributed by atoms with E-state index in [-0.39, 0.29) is 24.4 Å². The summed E-state index contributed by atoms with van der Waals surface area (Å²) in [5, 5.41) is 2.32. The fourth-order valence-corrected chi connectivity index (χ4v) is 2.27. The number of rotatable bonds is 4. The lowest BCUT2D eigenvalue weighted by atomic mass is 10.1. The third-order valence-electron chi connectivity index (χ3n) is 3.32. The first-order valence-electron chi connectivity index (χ1n) is 6.58. The van der Waals surface area contributed by atoms with E-state index in [0.717, 1.165) is 0 Å². The average molecular weight is 291 g/mol. The molecule has 8 nitrogen and oxygen atoms in total. The van der Waals surface area contributed by atoms with Crippen molar-refractivity contribution in [3.05, 3.63) is 29.6 Å². The zero-order valence-corrected chi connectivity index (χ0v) is 11.6. The van der Waals surface area contributed by atoms with Crippen LogP contribution in [0.5, 0.6) is 0 Å². The molecule has 0 bridgehead atoms. The highest BCUT2D eigenvalue weighted by atomic mass is 16.2. The van der Waals surface area contributed by atoms with Crippen molar-refractivity contribution in [1.82, 2.24) is 20.6 Å². The summed E-state index contributed by atoms with van der Waals surface area (Å²) < 4.78 is 0. The number of piperazine rings is 1. The molecular formula is C13H17N5O3. The number of amides is 3. The second kappa shape index (κ2) is 6.42. The molecule has 0 radical (unpaired) electrons. The maximum Gasteiger partial charge on any atom is 0.266 e. The van der Waals surface area contributed by atoms with E-state index >= 15 is 0 Å². The Morgan fingerprint density at radius 3 is 2.86 bits per heavy atom. The minimum Gasteiger partial charge on any atom is -0.294 e. The van der Waals surface area contributed by atoms with Crippen molar-refractivity contribution in [1.29, 1.82) is 0 Å². The second-order valence-electron chi connectivity index (χ2n) is 4.75. The van der Waals surface area contributed by atoms with Crippen LogP contribution in [0.3, 0.4) is 0 Å². The van der Waals surface area contributed by atoms with E-state index in [1.165, 1.54) is 6.20 Å². The van der Waals surface area contributed by atoms with Gasteiger partial charge in [0.1, 0.15) is 0 Å². The van der Waals surface area contributed by atoms with Crippen LogP contribution in [0.15, 0.2) is 18.3 Å². The number of imide groups is 1. The normalized spacial score (nSPS) is 19.2. The molecule has 1 unspecified atom stereocenters. The number of nitrogens with one attached hydrogen (secondary N) is 2. The van der Waals surface area contributed by atoms with E-state index in [0.29, 0.717) is 24.2 Å². The molecule has 0 aliphatic carbocycles. The van der Waals surface area contributed by atoms with Crippen LogP contribution in [0.4, 0.5) is 0 Å². The smallest absolute Gasteiger partial charge is 0.266 e. The molecule has 1 fully saturated rings. The largest absolute Gasteiger partial charge is 0.294 e. The van der Waals surface area contributed by atoms with Crippen LogP contribution in [0.25, 0.3) is 0 Å². The van der Waals surface area contributed by atoms with Gasteiger partial charge in [0.2, 0.25) is 11.8 Å². The summed E-state index contributed by atoms with van der Waals surface area (Å²) in [5.41, 5.74) is 3.04. The molecule has 112 valence electrons. The lowest BCUT2D eigenvalue weighted by Crippen LogP contribution is -2.57. The summed E-state index contributed by atoms with van der Waals surface area (Å²) in [7, 11) is 0. The molecule has 8 heteroatoms. The summed E-state index contributed by atoms with van der Waals surface area (Å²) in [6.07, 6.45) is 2.01. The minimum absolute atomic E-state index is 0.150. The van der Waals surface area contributed by atoms with Crippen LogP contribution in [-0.4, -0.2) is 40.2 Å². The number of nitrogens with zero attached hydrogens (tertiary/aromatic N) is 2. The molecule has 4 N–H and O–H groups in total. The maximum atomic E-state index is 11.8. The highest BCUT2D eigenvalue weighted by Crippen LogP contribution is 2.13. The van der Waals surface area contributed by atoms with Crippen molar-refractivity contribution in [3.8, 4) is 0 Å². The van der Waals surface area contributed by atoms with E-state index < -0.39 is 5.91 Å². The third-order valence-corrected chi connectivity index (χ3v) is 3.32. The molecule has 1 aliphatic heterocycles. The van der Waals surface area contributed by atoms with Crippen LogP contribution >= 0.6 is 0 Å². The number of pyridine rings is 1. The second-order valence-corrected chi connectivity index (χ2v) is 4.75. The number of hydrogen-bond acceptors (Lipinski definition) is 6. The zero-order chi connectivity index (χ0) is 15.4. The Kier molecular flexibility index (Phi) is 4.61. The van der Waals surface area contributed by atoms with Crippen molar-refractivity contribution >= 4 is 17.7 Å². The summed E-state index contributed by atoms with van der Waals surface area (Å²) >= 11 is 0. The highest BCUT2D eigenvalue weighted by molar-refractivity contribution is 6.01. The molecule has 1 saturated heterocycles. The summed E-state index contributed by atoms with van der Waals surface area (Å²) in [6, 6.07) is 2.92. The predicted molar refractivity (Wildman–Crippen MR) is 73.5 cm³/mol. The molecule has 1 atom stereocenters. The Bertz CT molecular complexity index is 557. The van der Waals surface area contributed by atoms with Crippen molar-refractivity contribution in [3.63, 3.8) is 0 Å². The van der Waals surface area contributed by atoms with Gasteiger partial charge in [0, 0.05) is 12.7 Å². The topological polar surface area (TPSA) is 117 Å². The molecule has 1 aliphatic rings. The molecule has 21 heavy (non-hydrogen) atoms. The number of nitrogens with two attached hydrogens (primary N) is 1. The van der Waals surface area contributed by atoms with Gasteiger partial charge in [-0.1, -0.05) is 6.92 Å². The minimum atomic E-state index is -0.423. The lowest BCUT2D eigenvalue weighted by molar-refractivity contribution is -0.140. The Morgan fingerprint density at radius 1 is 1.52 bits per heavy atom. The van der Waals surface area contributed by atoms with Gasteiger partial charge in [-0.15, -0.1) is 0 Å². The van der Waals surface area contributed by atoms with Gasteiger partial charge < -0.3 is 0 Å². The molecule has 0 aromatic carbocycles. The fraction of sp³-hybridized carbons (Fsp3) is 0.385. The van der Waals surface area contributed by atoms with E-state index in [1.807, 2.05) is 12.3 Å². The van der Waals surface area contributed by atoms with Crippen molar-refractivity contribution in [2.75, 3.05) is 6.54 Å². The van der Waals surface area contributed by atoms with Gasteiger partial charge in [-0.25, -0.2) is 5.84 Å². The van der Waals surface area contributed by atoms with Gasteiger partial charge in [-0.05, 0) is 18.6 Å². The van der Waals surface area contributed by atoms with Crippen LogP contribution in [-0.2, 0) is 16.1 Å². The lowest BCUT2D eigenvalue weighted by Gasteiger charge is -2.32. The van der Waals surface area contributed by atoms with E-state index in [1.54, 1.807) is 17.0 Å². The molecule has 3 amide bonds. The van der Waals surface area contributed by atoms with Gasteiger partial charge in [0.15, 0.2) is 0 Å². The number of hydrazine groups is 1. The van der Waals surface area contributed by atoms with Gasteiger partial charge >= 0.3 is 0 Å². The van der Waals surface area contributed by atoms with Gasteiger partial charge in [-0.3, -0.25) is 35.0 Å². The summed E-state index contributed by atoms with van der Waals surface area (Å²) in [6.45, 7) is 2.40. The summed E-state index contributed by atoms with van der Waals surface area (Å²) in [4.78, 5) is 40.5. The highest BCUT2D eigenvalue weighted by Gasteiger charge is 2.32. The number of nitrogen functional groups attached to an aromatic ring is 1. The molecule has 0 saturated carbocycles.